The first-order valence-corrected chi connectivity index (χ1v) is 6.63. The molecule has 1 saturated heterocycles. The number of carboxylic acid groups (broad SMARTS) is 1. The first-order valence-electron chi connectivity index (χ1n) is 6.63. The maximum absolute atomic E-state index is 13.1. The van der Waals surface area contributed by atoms with Crippen molar-refractivity contribution in [3.63, 3.8) is 0 Å². The topological polar surface area (TPSA) is 72.9 Å². The van der Waals surface area contributed by atoms with Crippen molar-refractivity contribution < 1.29 is 19.1 Å². The Bertz CT molecular complexity index is 562. The molecular formula is C14H18FN3O3. The third kappa shape index (κ3) is 3.49. The fourth-order valence-corrected chi connectivity index (χ4v) is 2.34. The van der Waals surface area contributed by atoms with Crippen molar-refractivity contribution >= 4 is 17.7 Å². The quantitative estimate of drug-likeness (QED) is 0.890. The Morgan fingerprint density at radius 2 is 2.14 bits per heavy atom. The number of nitrogens with zero attached hydrogens (tertiary/aromatic N) is 2. The number of carboxylic acids is 1. The van der Waals surface area contributed by atoms with Crippen molar-refractivity contribution in [2.75, 3.05) is 32.5 Å². The molecule has 6 nitrogen and oxygen atoms in total. The number of hydrogen-bond donors (Lipinski definition) is 2. The van der Waals surface area contributed by atoms with Crippen LogP contribution in [0.1, 0.15) is 16.8 Å². The van der Waals surface area contributed by atoms with E-state index in [9.17, 15) is 14.0 Å². The summed E-state index contributed by atoms with van der Waals surface area (Å²) in [5.41, 5.74) is -0.158. The maximum atomic E-state index is 13.1. The number of rotatable bonds is 3. The van der Waals surface area contributed by atoms with Crippen molar-refractivity contribution in [3.05, 3.63) is 29.6 Å². The summed E-state index contributed by atoms with van der Waals surface area (Å²) in [6.45, 7) is 1.20. The summed E-state index contributed by atoms with van der Waals surface area (Å²) in [7, 11) is 3.91. The molecule has 1 unspecified atom stereocenters. The molecule has 2 rings (SSSR count). The van der Waals surface area contributed by atoms with Gasteiger partial charge >= 0.3 is 12.0 Å². The lowest BCUT2D eigenvalue weighted by atomic mass is 10.1. The SMILES string of the molecule is CN(C)C1CCN(C(=O)Nc2ccc(F)cc2C(=O)O)C1. The Balaban J connectivity index is 2.09. The number of halogens is 1. The van der Waals surface area contributed by atoms with Gasteiger partial charge in [-0.1, -0.05) is 0 Å². The van der Waals surface area contributed by atoms with E-state index in [2.05, 4.69) is 5.32 Å². The third-order valence-corrected chi connectivity index (χ3v) is 3.63. The average molecular weight is 295 g/mol. The Morgan fingerprint density at radius 3 is 2.71 bits per heavy atom. The standard InChI is InChI=1S/C14H18FN3O3/c1-17(2)10-5-6-18(8-10)14(21)16-12-4-3-9(15)7-11(12)13(19)20/h3-4,7,10H,5-6,8H2,1-2H3,(H,16,21)(H,19,20). The molecule has 2 N–H and O–H groups in total. The summed E-state index contributed by atoms with van der Waals surface area (Å²) in [6, 6.07) is 3.20. The number of hydrogen-bond acceptors (Lipinski definition) is 3. The lowest BCUT2D eigenvalue weighted by Gasteiger charge is -2.21. The number of likely N-dealkylation sites (N-methyl/N-ethyl adjacent to an activating group) is 1. The smallest absolute Gasteiger partial charge is 0.337 e. The lowest BCUT2D eigenvalue weighted by Crippen LogP contribution is -2.37. The number of carbonyl (C=O) groups is 2. The van der Waals surface area contributed by atoms with Gasteiger partial charge in [-0.25, -0.2) is 14.0 Å². The van der Waals surface area contributed by atoms with Gasteiger partial charge in [0.25, 0.3) is 0 Å². The van der Waals surface area contributed by atoms with Crippen molar-refractivity contribution in [3.8, 4) is 0 Å². The van der Waals surface area contributed by atoms with Crippen LogP contribution in [0.5, 0.6) is 0 Å². The number of benzene rings is 1. The van der Waals surface area contributed by atoms with Crippen LogP contribution in [-0.2, 0) is 0 Å². The second kappa shape index (κ2) is 6.09. The van der Waals surface area contributed by atoms with Crippen molar-refractivity contribution in [2.24, 2.45) is 0 Å². The summed E-state index contributed by atoms with van der Waals surface area (Å²) in [4.78, 5) is 26.9. The molecule has 0 aromatic heterocycles. The number of amides is 2. The van der Waals surface area contributed by atoms with Crippen LogP contribution in [0.2, 0.25) is 0 Å². The molecule has 7 heteroatoms. The minimum absolute atomic E-state index is 0.0993. The van der Waals surface area contributed by atoms with E-state index in [1.807, 2.05) is 19.0 Å². The zero-order chi connectivity index (χ0) is 15.6. The maximum Gasteiger partial charge on any atom is 0.337 e. The first-order chi connectivity index (χ1) is 9.88. The largest absolute Gasteiger partial charge is 0.478 e. The van der Waals surface area contributed by atoms with Crippen LogP contribution in [0, 0.1) is 5.82 Å². The molecule has 1 aromatic rings. The highest BCUT2D eigenvalue weighted by Gasteiger charge is 2.28. The molecule has 1 aliphatic rings. The van der Waals surface area contributed by atoms with Crippen LogP contribution in [-0.4, -0.2) is 60.1 Å². The number of carbonyl (C=O) groups excluding carboxylic acids is 1. The minimum Gasteiger partial charge on any atom is -0.478 e. The van der Waals surface area contributed by atoms with Crippen LogP contribution in [0.25, 0.3) is 0 Å². The van der Waals surface area contributed by atoms with Crippen LogP contribution < -0.4 is 5.32 Å². The predicted octanol–water partition coefficient (Wildman–Crippen LogP) is 1.69. The van der Waals surface area contributed by atoms with E-state index in [0.717, 1.165) is 18.6 Å². The zero-order valence-corrected chi connectivity index (χ0v) is 12.0. The van der Waals surface area contributed by atoms with E-state index in [0.29, 0.717) is 19.1 Å². The molecule has 0 aliphatic carbocycles. The van der Waals surface area contributed by atoms with Gasteiger partial charge < -0.3 is 20.2 Å². The molecular weight excluding hydrogens is 277 g/mol. The molecule has 1 aromatic carbocycles. The summed E-state index contributed by atoms with van der Waals surface area (Å²) < 4.78 is 13.1. The van der Waals surface area contributed by atoms with Gasteiger partial charge in [0, 0.05) is 19.1 Å². The average Bonchev–Trinajstić information content (AvgIpc) is 2.90. The van der Waals surface area contributed by atoms with E-state index in [1.165, 1.54) is 6.07 Å². The normalized spacial score (nSPS) is 18.1. The van der Waals surface area contributed by atoms with Gasteiger partial charge in [-0.2, -0.15) is 0 Å². The highest BCUT2D eigenvalue weighted by atomic mass is 19.1. The molecule has 0 bridgehead atoms. The van der Waals surface area contributed by atoms with Crippen LogP contribution in [0.3, 0.4) is 0 Å². The Morgan fingerprint density at radius 1 is 1.43 bits per heavy atom. The fourth-order valence-electron chi connectivity index (χ4n) is 2.34. The number of likely N-dealkylation sites (tertiary alicyclic amines) is 1. The second-order valence-electron chi connectivity index (χ2n) is 5.28. The van der Waals surface area contributed by atoms with E-state index >= 15 is 0 Å². The molecule has 0 spiro atoms. The molecule has 0 saturated carbocycles. The third-order valence-electron chi connectivity index (χ3n) is 3.63. The van der Waals surface area contributed by atoms with Crippen molar-refractivity contribution in [1.82, 2.24) is 9.80 Å². The van der Waals surface area contributed by atoms with Gasteiger partial charge in [0.15, 0.2) is 0 Å². The minimum atomic E-state index is -1.28. The van der Waals surface area contributed by atoms with E-state index in [4.69, 9.17) is 5.11 Å². The molecule has 1 fully saturated rings. The molecule has 1 aliphatic heterocycles. The number of anilines is 1. The summed E-state index contributed by atoms with van der Waals surface area (Å²) >= 11 is 0. The number of nitrogens with one attached hydrogen (secondary N) is 1. The van der Waals surface area contributed by atoms with E-state index in [-0.39, 0.29) is 17.3 Å². The van der Waals surface area contributed by atoms with E-state index in [1.54, 1.807) is 4.90 Å². The van der Waals surface area contributed by atoms with Crippen molar-refractivity contribution in [2.45, 2.75) is 12.5 Å². The fraction of sp³-hybridized carbons (Fsp3) is 0.429. The second-order valence-corrected chi connectivity index (χ2v) is 5.28. The van der Waals surface area contributed by atoms with Gasteiger partial charge in [-0.15, -0.1) is 0 Å². The number of aromatic carboxylic acids is 1. The lowest BCUT2D eigenvalue weighted by molar-refractivity contribution is 0.0697. The van der Waals surface area contributed by atoms with Gasteiger partial charge in [0.1, 0.15) is 5.82 Å². The molecule has 114 valence electrons. The highest BCUT2D eigenvalue weighted by Crippen LogP contribution is 2.19. The Labute approximate surface area is 122 Å². The Kier molecular flexibility index (Phi) is 4.42. The first kappa shape index (κ1) is 15.2. The molecule has 0 radical (unpaired) electrons. The van der Waals surface area contributed by atoms with Crippen molar-refractivity contribution in [1.29, 1.82) is 0 Å². The molecule has 21 heavy (non-hydrogen) atoms. The van der Waals surface area contributed by atoms with Crippen LogP contribution in [0.15, 0.2) is 18.2 Å². The molecule has 2 amide bonds. The zero-order valence-electron chi connectivity index (χ0n) is 12.0. The summed E-state index contributed by atoms with van der Waals surface area (Å²) in [5.74, 6) is -1.93. The van der Waals surface area contributed by atoms with Crippen LogP contribution >= 0.6 is 0 Å². The summed E-state index contributed by atoms with van der Waals surface area (Å²) in [5, 5.41) is 11.6. The summed E-state index contributed by atoms with van der Waals surface area (Å²) in [6.07, 6.45) is 0.871. The monoisotopic (exact) mass is 295 g/mol. The highest BCUT2D eigenvalue weighted by molar-refractivity contribution is 6.00. The van der Waals surface area contributed by atoms with Gasteiger partial charge in [0.05, 0.1) is 11.3 Å². The van der Waals surface area contributed by atoms with Gasteiger partial charge in [-0.3, -0.25) is 0 Å². The van der Waals surface area contributed by atoms with Gasteiger partial charge in [0.2, 0.25) is 0 Å². The predicted molar refractivity (Wildman–Crippen MR) is 76.0 cm³/mol. The number of urea groups is 1. The Hall–Kier alpha value is -2.15. The van der Waals surface area contributed by atoms with E-state index < -0.39 is 11.8 Å². The molecule has 1 atom stereocenters. The van der Waals surface area contributed by atoms with Crippen LogP contribution in [0.4, 0.5) is 14.9 Å². The molecule has 1 heterocycles. The van der Waals surface area contributed by atoms with Gasteiger partial charge in [-0.05, 0) is 38.7 Å².